The lowest BCUT2D eigenvalue weighted by atomic mass is 10.0. The molecule has 1 amide bonds. The molecular weight excluding hydrogens is 318 g/mol. The number of aromatic carboxylic acids is 1. The Hall–Kier alpha value is -3.34. The van der Waals surface area contributed by atoms with Crippen molar-refractivity contribution in [1.82, 2.24) is 0 Å². The molecule has 0 spiro atoms. The average molecular weight is 335 g/mol. The van der Waals surface area contributed by atoms with E-state index in [1.54, 1.807) is 24.3 Å². The molecule has 0 bridgehead atoms. The number of nitrogens with one attached hydrogen (secondary N) is 1. The third kappa shape index (κ3) is 3.30. The third-order valence-electron chi connectivity index (χ3n) is 4.05. The summed E-state index contributed by atoms with van der Waals surface area (Å²) in [6.07, 6.45) is 0. The Bertz CT molecular complexity index is 956. The lowest BCUT2D eigenvalue weighted by Crippen LogP contribution is -2.14. The number of hydrogen-bond acceptors (Lipinski definition) is 3. The molecule has 2 aromatic carbocycles. The molecule has 5 heteroatoms. The van der Waals surface area contributed by atoms with E-state index in [0.717, 1.165) is 16.7 Å². The number of rotatable bonds is 4. The standard InChI is InChI=1S/C20H17NO4/c1-12-6-3-4-7-14(12)19(22)21-16-9-5-8-15(13(16)2)17-10-11-18(25-17)20(23)24/h3-11H,1-2H3,(H,21,22)(H,23,24). The number of carboxylic acids is 1. The van der Waals surface area contributed by atoms with Crippen LogP contribution in [0.5, 0.6) is 0 Å². The molecule has 0 fully saturated rings. The highest BCUT2D eigenvalue weighted by molar-refractivity contribution is 6.06. The van der Waals surface area contributed by atoms with Gasteiger partial charge in [-0.05, 0) is 49.2 Å². The highest BCUT2D eigenvalue weighted by Crippen LogP contribution is 2.30. The van der Waals surface area contributed by atoms with Gasteiger partial charge in [0.25, 0.3) is 5.91 Å². The second kappa shape index (κ2) is 6.65. The number of hydrogen-bond donors (Lipinski definition) is 2. The summed E-state index contributed by atoms with van der Waals surface area (Å²) in [6, 6.07) is 15.8. The maximum atomic E-state index is 12.5. The van der Waals surface area contributed by atoms with Crippen LogP contribution in [0, 0.1) is 13.8 Å². The van der Waals surface area contributed by atoms with Gasteiger partial charge in [-0.15, -0.1) is 0 Å². The summed E-state index contributed by atoms with van der Waals surface area (Å²) in [4.78, 5) is 23.5. The number of benzene rings is 2. The van der Waals surface area contributed by atoms with Crippen molar-refractivity contribution in [3.63, 3.8) is 0 Å². The molecule has 2 N–H and O–H groups in total. The van der Waals surface area contributed by atoms with Crippen molar-refractivity contribution in [3.8, 4) is 11.3 Å². The van der Waals surface area contributed by atoms with Gasteiger partial charge in [-0.1, -0.05) is 30.3 Å². The second-order valence-corrected chi connectivity index (χ2v) is 5.72. The molecule has 0 saturated heterocycles. The zero-order chi connectivity index (χ0) is 18.0. The van der Waals surface area contributed by atoms with Crippen molar-refractivity contribution < 1.29 is 19.1 Å². The van der Waals surface area contributed by atoms with Gasteiger partial charge in [-0.2, -0.15) is 0 Å². The monoisotopic (exact) mass is 335 g/mol. The third-order valence-corrected chi connectivity index (χ3v) is 4.05. The highest BCUT2D eigenvalue weighted by Gasteiger charge is 2.15. The number of furan rings is 1. The molecule has 0 aliphatic rings. The first-order valence-electron chi connectivity index (χ1n) is 7.77. The zero-order valence-corrected chi connectivity index (χ0v) is 13.9. The van der Waals surface area contributed by atoms with Gasteiger partial charge in [-0.25, -0.2) is 4.79 Å². The maximum absolute atomic E-state index is 12.5. The second-order valence-electron chi connectivity index (χ2n) is 5.72. The van der Waals surface area contributed by atoms with Crippen LogP contribution in [0.25, 0.3) is 11.3 Å². The molecule has 1 heterocycles. The molecule has 0 unspecified atom stereocenters. The fourth-order valence-electron chi connectivity index (χ4n) is 2.65. The zero-order valence-electron chi connectivity index (χ0n) is 13.9. The van der Waals surface area contributed by atoms with Crippen molar-refractivity contribution in [2.24, 2.45) is 0 Å². The quantitative estimate of drug-likeness (QED) is 0.735. The van der Waals surface area contributed by atoms with E-state index in [-0.39, 0.29) is 11.7 Å². The molecule has 1 aromatic heterocycles. The van der Waals surface area contributed by atoms with E-state index in [9.17, 15) is 9.59 Å². The topological polar surface area (TPSA) is 79.5 Å². The molecule has 0 atom stereocenters. The van der Waals surface area contributed by atoms with Gasteiger partial charge in [0, 0.05) is 16.8 Å². The molecule has 0 aliphatic carbocycles. The smallest absolute Gasteiger partial charge is 0.371 e. The summed E-state index contributed by atoms with van der Waals surface area (Å²) in [5, 5.41) is 11.9. The normalized spacial score (nSPS) is 10.5. The Balaban J connectivity index is 1.92. The van der Waals surface area contributed by atoms with Crippen LogP contribution in [0.4, 0.5) is 5.69 Å². The minimum atomic E-state index is -1.12. The van der Waals surface area contributed by atoms with Crippen LogP contribution in [0.1, 0.15) is 32.0 Å². The number of carbonyl (C=O) groups excluding carboxylic acids is 1. The minimum absolute atomic E-state index is 0.122. The van der Waals surface area contributed by atoms with E-state index in [1.165, 1.54) is 6.07 Å². The molecule has 0 radical (unpaired) electrons. The van der Waals surface area contributed by atoms with Crippen molar-refractivity contribution in [2.75, 3.05) is 5.32 Å². The van der Waals surface area contributed by atoms with Crippen LogP contribution in [0.3, 0.4) is 0 Å². The van der Waals surface area contributed by atoms with Crippen molar-refractivity contribution in [1.29, 1.82) is 0 Å². The lowest BCUT2D eigenvalue weighted by Gasteiger charge is -2.12. The average Bonchev–Trinajstić information content (AvgIpc) is 3.07. The van der Waals surface area contributed by atoms with Gasteiger partial charge in [0.05, 0.1) is 0 Å². The molecule has 126 valence electrons. The Kier molecular flexibility index (Phi) is 4.39. The van der Waals surface area contributed by atoms with Crippen LogP contribution in [0.15, 0.2) is 59.0 Å². The molecule has 0 saturated carbocycles. The number of aryl methyl sites for hydroxylation is 1. The number of carbonyl (C=O) groups is 2. The summed E-state index contributed by atoms with van der Waals surface area (Å²) < 4.78 is 5.36. The van der Waals surface area contributed by atoms with E-state index in [0.29, 0.717) is 17.0 Å². The minimum Gasteiger partial charge on any atom is -0.475 e. The van der Waals surface area contributed by atoms with E-state index in [1.807, 2.05) is 38.1 Å². The number of amides is 1. The van der Waals surface area contributed by atoms with Crippen LogP contribution in [-0.2, 0) is 0 Å². The van der Waals surface area contributed by atoms with E-state index in [4.69, 9.17) is 9.52 Å². The van der Waals surface area contributed by atoms with Gasteiger partial charge in [0.15, 0.2) is 0 Å². The van der Waals surface area contributed by atoms with Crippen molar-refractivity contribution in [3.05, 3.63) is 77.0 Å². The maximum Gasteiger partial charge on any atom is 0.371 e. The van der Waals surface area contributed by atoms with Gasteiger partial charge < -0.3 is 14.8 Å². The number of carboxylic acid groups (broad SMARTS) is 1. The van der Waals surface area contributed by atoms with Crippen molar-refractivity contribution >= 4 is 17.6 Å². The predicted octanol–water partition coefficient (Wildman–Crippen LogP) is 4.51. The molecule has 0 aliphatic heterocycles. The fraction of sp³-hybridized carbons (Fsp3) is 0.100. The first-order valence-corrected chi connectivity index (χ1v) is 7.77. The van der Waals surface area contributed by atoms with Crippen molar-refractivity contribution in [2.45, 2.75) is 13.8 Å². The summed E-state index contributed by atoms with van der Waals surface area (Å²) in [5.74, 6) is -0.984. The first kappa shape index (κ1) is 16.5. The van der Waals surface area contributed by atoms with Crippen LogP contribution in [0.2, 0.25) is 0 Å². The Morgan fingerprint density at radius 1 is 0.960 bits per heavy atom. The SMILES string of the molecule is Cc1ccccc1C(=O)Nc1cccc(-c2ccc(C(=O)O)o2)c1C. The summed E-state index contributed by atoms with van der Waals surface area (Å²) in [7, 11) is 0. The summed E-state index contributed by atoms with van der Waals surface area (Å²) >= 11 is 0. The van der Waals surface area contributed by atoms with Crippen LogP contribution < -0.4 is 5.32 Å². The first-order chi connectivity index (χ1) is 12.0. The van der Waals surface area contributed by atoms with E-state index in [2.05, 4.69) is 5.32 Å². The molecule has 3 aromatic rings. The lowest BCUT2D eigenvalue weighted by molar-refractivity contribution is 0.0663. The molecule has 5 nitrogen and oxygen atoms in total. The highest BCUT2D eigenvalue weighted by atomic mass is 16.4. The van der Waals surface area contributed by atoms with Gasteiger partial charge in [-0.3, -0.25) is 4.79 Å². The Morgan fingerprint density at radius 3 is 2.40 bits per heavy atom. The van der Waals surface area contributed by atoms with E-state index >= 15 is 0 Å². The molecule has 25 heavy (non-hydrogen) atoms. The summed E-state index contributed by atoms with van der Waals surface area (Å²) in [5.41, 5.74) is 3.69. The largest absolute Gasteiger partial charge is 0.475 e. The predicted molar refractivity (Wildman–Crippen MR) is 95.0 cm³/mol. The van der Waals surface area contributed by atoms with Crippen LogP contribution in [-0.4, -0.2) is 17.0 Å². The fourth-order valence-corrected chi connectivity index (χ4v) is 2.65. The number of anilines is 1. The molecule has 3 rings (SSSR count). The van der Waals surface area contributed by atoms with Gasteiger partial charge in [0.1, 0.15) is 5.76 Å². The Labute approximate surface area is 144 Å². The van der Waals surface area contributed by atoms with Gasteiger partial charge in [0.2, 0.25) is 5.76 Å². The van der Waals surface area contributed by atoms with Gasteiger partial charge >= 0.3 is 5.97 Å². The summed E-state index contributed by atoms with van der Waals surface area (Å²) in [6.45, 7) is 3.74. The van der Waals surface area contributed by atoms with Crippen LogP contribution >= 0.6 is 0 Å². The molecular formula is C20H17NO4. The Morgan fingerprint density at radius 2 is 1.72 bits per heavy atom. The van der Waals surface area contributed by atoms with E-state index < -0.39 is 5.97 Å².